The van der Waals surface area contributed by atoms with Gasteiger partial charge in [0.1, 0.15) is 0 Å². The fourth-order valence-electron chi connectivity index (χ4n) is 0.867. The van der Waals surface area contributed by atoms with Crippen LogP contribution in [0, 0.1) is 6.92 Å². The molecular weight excluding hydrogens is 206 g/mol. The van der Waals surface area contributed by atoms with Crippen molar-refractivity contribution in [2.24, 2.45) is 4.99 Å². The first-order chi connectivity index (χ1) is 6.15. The van der Waals surface area contributed by atoms with Crippen molar-refractivity contribution in [3.63, 3.8) is 0 Å². The Morgan fingerprint density at radius 2 is 2.31 bits per heavy atom. The normalized spacial score (nSPS) is 11.8. The summed E-state index contributed by atoms with van der Waals surface area (Å²) < 4.78 is 19.5. The summed E-state index contributed by atoms with van der Waals surface area (Å²) in [6, 6.07) is 4.81. The van der Waals surface area contributed by atoms with Crippen LogP contribution in [-0.4, -0.2) is 13.9 Å². The number of thiocarbonyl (C=S) groups is 1. The van der Waals surface area contributed by atoms with E-state index in [1.807, 2.05) is 6.92 Å². The largest absolute Gasteiger partial charge is 0.302 e. The zero-order valence-corrected chi connectivity index (χ0v) is 8.48. The highest BCUT2D eigenvalue weighted by Gasteiger charge is 2.02. The van der Waals surface area contributed by atoms with E-state index in [4.69, 9.17) is 4.55 Å². The summed E-state index contributed by atoms with van der Waals surface area (Å²) in [6.45, 7) is 1.84. The maximum Gasteiger partial charge on any atom is 0.186 e. The van der Waals surface area contributed by atoms with Gasteiger partial charge in [0.05, 0.1) is 15.7 Å². The Morgan fingerprint density at radius 3 is 2.85 bits per heavy atom. The first-order valence-electron chi connectivity index (χ1n) is 3.44. The van der Waals surface area contributed by atoms with E-state index in [1.165, 1.54) is 6.07 Å². The number of hydrogen-bond donors (Lipinski definition) is 1. The first kappa shape index (κ1) is 10.2. The predicted octanol–water partition coefficient (Wildman–Crippen LogP) is 2.31. The topological polar surface area (TPSA) is 49.7 Å². The first-order valence-corrected chi connectivity index (χ1v) is 4.96. The SMILES string of the molecule is Cc1ccc(S(=O)O)cc1N=C=S. The maximum absolute atomic E-state index is 10.7. The van der Waals surface area contributed by atoms with Crippen molar-refractivity contribution in [1.29, 1.82) is 0 Å². The molecule has 1 N–H and O–H groups in total. The van der Waals surface area contributed by atoms with Crippen LogP contribution in [0.5, 0.6) is 0 Å². The lowest BCUT2D eigenvalue weighted by atomic mass is 10.2. The zero-order chi connectivity index (χ0) is 9.84. The molecule has 0 bridgehead atoms. The average molecular weight is 213 g/mol. The lowest BCUT2D eigenvalue weighted by Gasteiger charge is -1.99. The fraction of sp³-hybridized carbons (Fsp3) is 0.125. The summed E-state index contributed by atoms with van der Waals surface area (Å²) in [5.74, 6) is 0. The van der Waals surface area contributed by atoms with Gasteiger partial charge in [0.15, 0.2) is 11.1 Å². The number of nitrogens with zero attached hydrogens (tertiary/aromatic N) is 1. The Hall–Kier alpha value is -0.870. The lowest BCUT2D eigenvalue weighted by Crippen LogP contribution is -1.88. The van der Waals surface area contributed by atoms with Gasteiger partial charge in [-0.15, -0.1) is 0 Å². The molecule has 3 nitrogen and oxygen atoms in total. The van der Waals surface area contributed by atoms with Gasteiger partial charge in [0, 0.05) is 0 Å². The van der Waals surface area contributed by atoms with Gasteiger partial charge < -0.3 is 4.55 Å². The minimum atomic E-state index is -1.97. The van der Waals surface area contributed by atoms with Gasteiger partial charge in [-0.1, -0.05) is 6.07 Å². The molecule has 13 heavy (non-hydrogen) atoms. The summed E-state index contributed by atoms with van der Waals surface area (Å²) in [5, 5.41) is 2.22. The van der Waals surface area contributed by atoms with Gasteiger partial charge in [-0.25, -0.2) is 4.21 Å². The van der Waals surface area contributed by atoms with E-state index in [0.717, 1.165) is 5.56 Å². The summed E-state index contributed by atoms with van der Waals surface area (Å²) in [6.07, 6.45) is 0. The minimum Gasteiger partial charge on any atom is -0.302 e. The Kier molecular flexibility index (Phi) is 3.45. The van der Waals surface area contributed by atoms with E-state index in [-0.39, 0.29) is 0 Å². The Labute approximate surface area is 83.8 Å². The molecule has 1 atom stereocenters. The molecule has 1 rings (SSSR count). The molecule has 0 amide bonds. The smallest absolute Gasteiger partial charge is 0.186 e. The number of rotatable bonds is 2. The molecule has 0 aliphatic heterocycles. The van der Waals surface area contributed by atoms with Crippen LogP contribution >= 0.6 is 12.2 Å². The number of aryl methyl sites for hydroxylation is 1. The average Bonchev–Trinajstić information content (AvgIpc) is 2.08. The van der Waals surface area contributed by atoms with Crippen LogP contribution in [0.15, 0.2) is 28.1 Å². The maximum atomic E-state index is 10.7. The molecule has 0 aliphatic rings. The van der Waals surface area contributed by atoms with Crippen LogP contribution in [0.25, 0.3) is 0 Å². The van der Waals surface area contributed by atoms with Gasteiger partial charge in [-0.2, -0.15) is 4.99 Å². The number of isothiocyanates is 1. The molecule has 0 aliphatic carbocycles. The molecule has 0 heterocycles. The highest BCUT2D eigenvalue weighted by molar-refractivity contribution is 7.79. The molecule has 68 valence electrons. The third-order valence-electron chi connectivity index (χ3n) is 1.55. The van der Waals surface area contributed by atoms with E-state index in [9.17, 15) is 4.21 Å². The third kappa shape index (κ3) is 2.54. The molecule has 1 aromatic carbocycles. The second-order valence-electron chi connectivity index (χ2n) is 2.40. The van der Waals surface area contributed by atoms with E-state index in [2.05, 4.69) is 22.4 Å². The fourth-order valence-corrected chi connectivity index (χ4v) is 1.36. The quantitative estimate of drug-likeness (QED) is 0.466. The van der Waals surface area contributed by atoms with Crippen LogP contribution in [0.2, 0.25) is 0 Å². The molecular formula is C8H7NO2S2. The van der Waals surface area contributed by atoms with Crippen molar-refractivity contribution >= 4 is 34.1 Å². The van der Waals surface area contributed by atoms with Crippen LogP contribution in [0.4, 0.5) is 5.69 Å². The Morgan fingerprint density at radius 1 is 1.62 bits per heavy atom. The molecule has 5 heteroatoms. The summed E-state index contributed by atoms with van der Waals surface area (Å²) in [7, 11) is 0. The van der Waals surface area contributed by atoms with Crippen molar-refractivity contribution in [3.8, 4) is 0 Å². The molecule has 0 saturated carbocycles. The molecule has 1 unspecified atom stereocenters. The summed E-state index contributed by atoms with van der Waals surface area (Å²) >= 11 is 2.47. The molecule has 0 spiro atoms. The minimum absolute atomic E-state index is 0.314. The van der Waals surface area contributed by atoms with Gasteiger partial charge in [-0.3, -0.25) is 0 Å². The number of aliphatic imine (C=N–C) groups is 1. The van der Waals surface area contributed by atoms with E-state index >= 15 is 0 Å². The number of hydrogen-bond acceptors (Lipinski definition) is 3. The second kappa shape index (κ2) is 4.39. The van der Waals surface area contributed by atoms with Crippen LogP contribution in [-0.2, 0) is 11.1 Å². The molecule has 0 radical (unpaired) electrons. The molecule has 0 fully saturated rings. The second-order valence-corrected chi connectivity index (χ2v) is 3.55. The monoisotopic (exact) mass is 213 g/mol. The van der Waals surface area contributed by atoms with Gasteiger partial charge in [0.2, 0.25) is 0 Å². The third-order valence-corrected chi connectivity index (χ3v) is 2.30. The van der Waals surface area contributed by atoms with E-state index in [1.54, 1.807) is 12.1 Å². The number of benzene rings is 1. The van der Waals surface area contributed by atoms with Gasteiger partial charge in [-0.05, 0) is 36.8 Å². The molecule has 0 aromatic heterocycles. The van der Waals surface area contributed by atoms with Crippen molar-refractivity contribution < 1.29 is 8.76 Å². The summed E-state index contributed by atoms with van der Waals surface area (Å²) in [5.41, 5.74) is 1.47. The summed E-state index contributed by atoms with van der Waals surface area (Å²) in [4.78, 5) is 4.08. The van der Waals surface area contributed by atoms with Crippen molar-refractivity contribution in [3.05, 3.63) is 23.8 Å². The zero-order valence-electron chi connectivity index (χ0n) is 6.85. The Balaban J connectivity index is 3.26. The van der Waals surface area contributed by atoms with Crippen molar-refractivity contribution in [1.82, 2.24) is 0 Å². The highest BCUT2D eigenvalue weighted by atomic mass is 32.2. The Bertz CT molecular complexity index is 397. The van der Waals surface area contributed by atoms with Crippen LogP contribution < -0.4 is 0 Å². The lowest BCUT2D eigenvalue weighted by molar-refractivity contribution is 0.564. The van der Waals surface area contributed by atoms with E-state index < -0.39 is 11.1 Å². The van der Waals surface area contributed by atoms with Gasteiger partial charge >= 0.3 is 0 Å². The van der Waals surface area contributed by atoms with Crippen LogP contribution in [0.3, 0.4) is 0 Å². The molecule has 0 saturated heterocycles. The standard InChI is InChI=1S/C8H7NO2S2/c1-6-2-3-7(13(10)11)4-8(6)9-5-12/h2-4H,1H3,(H,10,11). The van der Waals surface area contributed by atoms with Crippen molar-refractivity contribution in [2.75, 3.05) is 0 Å². The van der Waals surface area contributed by atoms with Crippen molar-refractivity contribution in [2.45, 2.75) is 11.8 Å². The van der Waals surface area contributed by atoms with Gasteiger partial charge in [0.25, 0.3) is 0 Å². The van der Waals surface area contributed by atoms with Crippen LogP contribution in [0.1, 0.15) is 5.56 Å². The predicted molar refractivity (Wildman–Crippen MR) is 54.9 cm³/mol. The van der Waals surface area contributed by atoms with E-state index in [0.29, 0.717) is 10.6 Å². The molecule has 1 aromatic rings. The highest BCUT2D eigenvalue weighted by Crippen LogP contribution is 2.20.